The molecule has 1 aromatic carbocycles. The zero-order valence-electron chi connectivity index (χ0n) is 13.2. The molecule has 2 aromatic rings. The summed E-state index contributed by atoms with van der Waals surface area (Å²) in [5.74, 6) is 0. The lowest BCUT2D eigenvalue weighted by atomic mass is 9.73. The minimum atomic E-state index is 0.417. The molecule has 0 aliphatic heterocycles. The van der Waals surface area contributed by atoms with E-state index < -0.39 is 0 Å². The van der Waals surface area contributed by atoms with Crippen molar-refractivity contribution in [1.29, 1.82) is 0 Å². The van der Waals surface area contributed by atoms with E-state index in [1.54, 1.807) is 0 Å². The monoisotopic (exact) mass is 282 g/mol. The molecule has 2 heteroatoms. The van der Waals surface area contributed by atoms with E-state index in [1.807, 2.05) is 0 Å². The van der Waals surface area contributed by atoms with Crippen molar-refractivity contribution in [3.05, 3.63) is 42.1 Å². The number of pyridine rings is 1. The third-order valence-electron chi connectivity index (χ3n) is 5.27. The van der Waals surface area contributed by atoms with Crippen molar-refractivity contribution in [2.45, 2.75) is 52.0 Å². The number of nitrogens with one attached hydrogen (secondary N) is 1. The predicted octanol–water partition coefficient (Wildman–Crippen LogP) is 4.86. The second kappa shape index (κ2) is 6.15. The summed E-state index contributed by atoms with van der Waals surface area (Å²) in [5.41, 5.74) is 2.87. The van der Waals surface area contributed by atoms with Gasteiger partial charge in [-0.1, -0.05) is 44.9 Å². The lowest BCUT2D eigenvalue weighted by Crippen LogP contribution is -2.36. The second-order valence-electron chi connectivity index (χ2n) is 6.38. The van der Waals surface area contributed by atoms with Crippen molar-refractivity contribution in [2.75, 3.05) is 6.54 Å². The van der Waals surface area contributed by atoms with Gasteiger partial charge in [-0.3, -0.25) is 4.98 Å². The minimum absolute atomic E-state index is 0.417. The summed E-state index contributed by atoms with van der Waals surface area (Å²) in [6.45, 7) is 5.57. The molecule has 0 amide bonds. The summed E-state index contributed by atoms with van der Waals surface area (Å²) in [7, 11) is 0. The van der Waals surface area contributed by atoms with Gasteiger partial charge in [0.05, 0.1) is 5.52 Å². The number of fused-ring (bicyclic) bond motifs is 1. The van der Waals surface area contributed by atoms with E-state index in [-0.39, 0.29) is 0 Å². The van der Waals surface area contributed by atoms with E-state index >= 15 is 0 Å². The Bertz CT molecular complexity index is 599. The topological polar surface area (TPSA) is 24.9 Å². The summed E-state index contributed by atoms with van der Waals surface area (Å²) >= 11 is 0. The predicted molar refractivity (Wildman–Crippen MR) is 89.4 cm³/mol. The number of para-hydroxylation sites is 1. The molecule has 0 bridgehead atoms. The number of rotatable bonds is 5. The van der Waals surface area contributed by atoms with Gasteiger partial charge in [0.1, 0.15) is 0 Å². The van der Waals surface area contributed by atoms with Gasteiger partial charge >= 0.3 is 0 Å². The van der Waals surface area contributed by atoms with E-state index in [0.717, 1.165) is 12.1 Å². The van der Waals surface area contributed by atoms with Crippen LogP contribution in [0.25, 0.3) is 10.9 Å². The zero-order valence-corrected chi connectivity index (χ0v) is 13.2. The zero-order chi connectivity index (χ0) is 14.7. The molecule has 1 aliphatic rings. The number of hydrogen-bond acceptors (Lipinski definition) is 2. The first-order valence-corrected chi connectivity index (χ1v) is 8.37. The summed E-state index contributed by atoms with van der Waals surface area (Å²) < 4.78 is 0. The van der Waals surface area contributed by atoms with Crippen LogP contribution in [-0.4, -0.2) is 11.5 Å². The maximum Gasteiger partial charge on any atom is 0.0702 e. The smallest absolute Gasteiger partial charge is 0.0702 e. The molecule has 1 fully saturated rings. The first-order valence-electron chi connectivity index (χ1n) is 8.37. The molecule has 1 atom stereocenters. The van der Waals surface area contributed by atoms with Crippen LogP contribution in [0.5, 0.6) is 0 Å². The molecule has 1 N–H and O–H groups in total. The average Bonchev–Trinajstić information content (AvgIpc) is 3.02. The highest BCUT2D eigenvalue weighted by molar-refractivity contribution is 5.78. The molecule has 3 rings (SSSR count). The fraction of sp³-hybridized carbons (Fsp3) is 0.526. The molecule has 1 aliphatic carbocycles. The minimum Gasteiger partial charge on any atom is -0.310 e. The third kappa shape index (κ3) is 2.69. The van der Waals surface area contributed by atoms with Crippen molar-refractivity contribution in [3.63, 3.8) is 0 Å². The fourth-order valence-corrected chi connectivity index (χ4v) is 4.06. The molecule has 1 unspecified atom stereocenters. The molecule has 0 saturated heterocycles. The van der Waals surface area contributed by atoms with E-state index in [9.17, 15) is 0 Å². The molecular formula is C19H26N2. The van der Waals surface area contributed by atoms with Crippen LogP contribution in [0, 0.1) is 5.41 Å². The van der Waals surface area contributed by atoms with E-state index in [1.165, 1.54) is 43.1 Å². The molecule has 1 saturated carbocycles. The molecular weight excluding hydrogens is 256 g/mol. The van der Waals surface area contributed by atoms with Crippen molar-refractivity contribution in [2.24, 2.45) is 5.41 Å². The Morgan fingerprint density at radius 3 is 2.67 bits per heavy atom. The molecule has 1 heterocycles. The van der Waals surface area contributed by atoms with Gasteiger partial charge in [0, 0.05) is 17.6 Å². The first kappa shape index (κ1) is 14.5. The fourth-order valence-electron chi connectivity index (χ4n) is 4.06. The number of aromatic nitrogens is 1. The van der Waals surface area contributed by atoms with Crippen LogP contribution in [0.4, 0.5) is 0 Å². The van der Waals surface area contributed by atoms with E-state index in [0.29, 0.717) is 11.5 Å². The van der Waals surface area contributed by atoms with Crippen LogP contribution in [0.1, 0.15) is 57.6 Å². The van der Waals surface area contributed by atoms with Crippen LogP contribution in [0.2, 0.25) is 0 Å². The van der Waals surface area contributed by atoms with Gasteiger partial charge in [-0.15, -0.1) is 0 Å². The Balaban J connectivity index is 2.02. The van der Waals surface area contributed by atoms with Gasteiger partial charge in [-0.2, -0.15) is 0 Å². The lowest BCUT2D eigenvalue weighted by molar-refractivity contribution is 0.189. The van der Waals surface area contributed by atoms with E-state index in [2.05, 4.69) is 60.7 Å². The highest BCUT2D eigenvalue weighted by Crippen LogP contribution is 2.50. The molecule has 0 spiro atoms. The van der Waals surface area contributed by atoms with Gasteiger partial charge < -0.3 is 5.32 Å². The quantitative estimate of drug-likeness (QED) is 0.847. The van der Waals surface area contributed by atoms with Crippen molar-refractivity contribution < 1.29 is 0 Å². The van der Waals surface area contributed by atoms with Crippen LogP contribution in [0.3, 0.4) is 0 Å². The Hall–Kier alpha value is -1.41. The maximum absolute atomic E-state index is 4.68. The Morgan fingerprint density at radius 2 is 1.95 bits per heavy atom. The second-order valence-corrected chi connectivity index (χ2v) is 6.38. The number of nitrogens with zero attached hydrogens (tertiary/aromatic N) is 1. The molecule has 21 heavy (non-hydrogen) atoms. The highest BCUT2D eigenvalue weighted by atomic mass is 14.9. The van der Waals surface area contributed by atoms with Crippen LogP contribution < -0.4 is 5.32 Å². The third-order valence-corrected chi connectivity index (χ3v) is 5.27. The standard InChI is InChI=1S/C19H26N2/c1-3-19(11-7-8-12-19)18(20-4-2)16-13-15-9-5-6-10-17(15)21-14-16/h5-6,9-10,13-14,18,20H,3-4,7-8,11-12H2,1-2H3. The van der Waals surface area contributed by atoms with Crippen molar-refractivity contribution in [1.82, 2.24) is 10.3 Å². The van der Waals surface area contributed by atoms with Gasteiger partial charge in [0.15, 0.2) is 0 Å². The van der Waals surface area contributed by atoms with Gasteiger partial charge in [0.2, 0.25) is 0 Å². The van der Waals surface area contributed by atoms with Crippen LogP contribution in [0.15, 0.2) is 36.5 Å². The summed E-state index contributed by atoms with van der Waals surface area (Å²) in [4.78, 5) is 4.68. The molecule has 1 aromatic heterocycles. The Kier molecular flexibility index (Phi) is 4.25. The summed E-state index contributed by atoms with van der Waals surface area (Å²) in [6, 6.07) is 11.2. The largest absolute Gasteiger partial charge is 0.310 e. The summed E-state index contributed by atoms with van der Waals surface area (Å²) in [6.07, 6.45) is 8.76. The number of hydrogen-bond donors (Lipinski definition) is 1. The van der Waals surface area contributed by atoms with Gasteiger partial charge in [0.25, 0.3) is 0 Å². The summed E-state index contributed by atoms with van der Waals surface area (Å²) in [5, 5.41) is 5.01. The average molecular weight is 282 g/mol. The normalized spacial score (nSPS) is 19.0. The Labute approximate surface area is 128 Å². The van der Waals surface area contributed by atoms with Crippen molar-refractivity contribution >= 4 is 10.9 Å². The molecule has 2 nitrogen and oxygen atoms in total. The van der Waals surface area contributed by atoms with E-state index in [4.69, 9.17) is 0 Å². The highest BCUT2D eigenvalue weighted by Gasteiger charge is 2.40. The maximum atomic E-state index is 4.68. The van der Waals surface area contributed by atoms with Crippen LogP contribution in [-0.2, 0) is 0 Å². The molecule has 0 radical (unpaired) electrons. The SMILES string of the molecule is CCNC(c1cnc2ccccc2c1)C1(CC)CCCC1. The lowest BCUT2D eigenvalue weighted by Gasteiger charge is -2.38. The van der Waals surface area contributed by atoms with Crippen LogP contribution >= 0.6 is 0 Å². The first-order chi connectivity index (χ1) is 10.3. The van der Waals surface area contributed by atoms with Crippen molar-refractivity contribution in [3.8, 4) is 0 Å². The number of benzene rings is 1. The van der Waals surface area contributed by atoms with Gasteiger partial charge in [-0.25, -0.2) is 0 Å². The molecule has 112 valence electrons. The Morgan fingerprint density at radius 1 is 1.19 bits per heavy atom. The van der Waals surface area contributed by atoms with Gasteiger partial charge in [-0.05, 0) is 48.9 Å².